The van der Waals surface area contributed by atoms with E-state index < -0.39 is 0 Å². The molecule has 0 radical (unpaired) electrons. The van der Waals surface area contributed by atoms with Gasteiger partial charge in [0.15, 0.2) is 5.89 Å². The average Bonchev–Trinajstić information content (AvgIpc) is 2.31. The van der Waals surface area contributed by atoms with Crippen LogP contribution in [-0.4, -0.2) is 11.5 Å². The van der Waals surface area contributed by atoms with Crippen LogP contribution in [0.1, 0.15) is 30.3 Å². The first-order chi connectivity index (χ1) is 5.27. The van der Waals surface area contributed by atoms with Crippen molar-refractivity contribution in [3.63, 3.8) is 0 Å². The average molecular weight is 152 g/mol. The van der Waals surface area contributed by atoms with Crippen LogP contribution >= 0.6 is 0 Å². The summed E-state index contributed by atoms with van der Waals surface area (Å²) in [6, 6.07) is 0.333. The van der Waals surface area contributed by atoms with E-state index in [1.54, 1.807) is 0 Å². The van der Waals surface area contributed by atoms with Gasteiger partial charge in [-0.1, -0.05) is 0 Å². The van der Waals surface area contributed by atoms with Crippen LogP contribution in [0.25, 0.3) is 0 Å². The van der Waals surface area contributed by atoms with Gasteiger partial charge in [-0.05, 0) is 6.92 Å². The fourth-order valence-electron chi connectivity index (χ4n) is 1.50. The van der Waals surface area contributed by atoms with Gasteiger partial charge in [0, 0.05) is 19.9 Å². The van der Waals surface area contributed by atoms with Crippen molar-refractivity contribution in [1.29, 1.82) is 0 Å². The molecule has 1 atom stereocenters. The molecule has 2 rings (SSSR count). The summed E-state index contributed by atoms with van der Waals surface area (Å²) < 4.78 is 5.44. The van der Waals surface area contributed by atoms with E-state index in [4.69, 9.17) is 4.42 Å². The Kier molecular flexibility index (Phi) is 1.46. The van der Waals surface area contributed by atoms with Crippen molar-refractivity contribution in [2.45, 2.75) is 26.3 Å². The van der Waals surface area contributed by atoms with Gasteiger partial charge in [-0.15, -0.1) is 0 Å². The number of nitrogens with one attached hydrogen (secondary N) is 1. The van der Waals surface area contributed by atoms with Crippen molar-refractivity contribution in [1.82, 2.24) is 10.3 Å². The van der Waals surface area contributed by atoms with Crippen LogP contribution in [0.4, 0.5) is 0 Å². The molecule has 0 aromatic carbocycles. The zero-order chi connectivity index (χ0) is 7.84. The Labute approximate surface area is 65.8 Å². The summed E-state index contributed by atoms with van der Waals surface area (Å²) in [6.07, 6.45) is 0.997. The first-order valence-corrected chi connectivity index (χ1v) is 3.97. The van der Waals surface area contributed by atoms with Gasteiger partial charge in [-0.2, -0.15) is 0 Å². The molecule has 1 aromatic heterocycles. The third-order valence-electron chi connectivity index (χ3n) is 2.04. The van der Waals surface area contributed by atoms with Crippen LogP contribution in [0, 0.1) is 6.92 Å². The molecular formula is C8H12N2O. The lowest BCUT2D eigenvalue weighted by molar-refractivity contribution is 0.397. The number of hydrogen-bond acceptors (Lipinski definition) is 3. The molecule has 60 valence electrons. The second kappa shape index (κ2) is 2.34. The predicted molar refractivity (Wildman–Crippen MR) is 41.4 cm³/mol. The number of fused-ring (bicyclic) bond motifs is 1. The Hall–Kier alpha value is -0.830. The SMILES string of the molecule is Cc1nc2c(o1)C(C)NCC2. The summed E-state index contributed by atoms with van der Waals surface area (Å²) in [5.74, 6) is 1.80. The monoisotopic (exact) mass is 152 g/mol. The van der Waals surface area contributed by atoms with Crippen LogP contribution in [-0.2, 0) is 6.42 Å². The Morgan fingerprint density at radius 3 is 3.18 bits per heavy atom. The highest BCUT2D eigenvalue weighted by molar-refractivity contribution is 5.16. The molecule has 0 saturated carbocycles. The van der Waals surface area contributed by atoms with E-state index in [9.17, 15) is 0 Å². The molecule has 0 spiro atoms. The van der Waals surface area contributed by atoms with Gasteiger partial charge in [0.05, 0.1) is 11.7 Å². The minimum atomic E-state index is 0.333. The third kappa shape index (κ3) is 1.05. The number of oxazole rings is 1. The minimum Gasteiger partial charge on any atom is -0.444 e. The Bertz CT molecular complexity index is 267. The first-order valence-electron chi connectivity index (χ1n) is 3.97. The summed E-state index contributed by atoms with van der Waals surface area (Å²) in [5, 5.41) is 3.32. The smallest absolute Gasteiger partial charge is 0.191 e. The summed E-state index contributed by atoms with van der Waals surface area (Å²) in [5.41, 5.74) is 1.13. The molecule has 1 N–H and O–H groups in total. The molecule has 1 unspecified atom stereocenters. The van der Waals surface area contributed by atoms with E-state index in [-0.39, 0.29) is 0 Å². The van der Waals surface area contributed by atoms with Crippen LogP contribution in [0.2, 0.25) is 0 Å². The van der Waals surface area contributed by atoms with Gasteiger partial charge in [0.1, 0.15) is 5.76 Å². The van der Waals surface area contributed by atoms with Gasteiger partial charge >= 0.3 is 0 Å². The van der Waals surface area contributed by atoms with Gasteiger partial charge in [0.25, 0.3) is 0 Å². The second-order valence-electron chi connectivity index (χ2n) is 2.97. The van der Waals surface area contributed by atoms with Crippen LogP contribution in [0.5, 0.6) is 0 Å². The van der Waals surface area contributed by atoms with E-state index in [0.29, 0.717) is 6.04 Å². The van der Waals surface area contributed by atoms with Crippen molar-refractivity contribution in [2.75, 3.05) is 6.54 Å². The van der Waals surface area contributed by atoms with Crippen molar-refractivity contribution < 1.29 is 4.42 Å². The number of nitrogens with zero attached hydrogens (tertiary/aromatic N) is 1. The Balaban J connectivity index is 2.43. The van der Waals surface area contributed by atoms with E-state index in [2.05, 4.69) is 17.2 Å². The summed E-state index contributed by atoms with van der Waals surface area (Å²) in [6.45, 7) is 5.01. The van der Waals surface area contributed by atoms with E-state index in [1.165, 1.54) is 0 Å². The summed E-state index contributed by atoms with van der Waals surface area (Å²) in [7, 11) is 0. The molecule has 11 heavy (non-hydrogen) atoms. The molecule has 1 aliphatic rings. The number of hydrogen-bond donors (Lipinski definition) is 1. The highest BCUT2D eigenvalue weighted by Crippen LogP contribution is 2.22. The largest absolute Gasteiger partial charge is 0.444 e. The molecule has 0 saturated heterocycles. The lowest BCUT2D eigenvalue weighted by atomic mass is 10.1. The van der Waals surface area contributed by atoms with Crippen LogP contribution < -0.4 is 5.32 Å². The number of rotatable bonds is 0. The van der Waals surface area contributed by atoms with Crippen molar-refractivity contribution in [3.05, 3.63) is 17.3 Å². The highest BCUT2D eigenvalue weighted by Gasteiger charge is 2.20. The van der Waals surface area contributed by atoms with E-state index >= 15 is 0 Å². The maximum atomic E-state index is 5.44. The standard InChI is InChI=1S/C8H12N2O/c1-5-8-7(3-4-9-5)10-6(2)11-8/h5,9H,3-4H2,1-2H3. The van der Waals surface area contributed by atoms with Gasteiger partial charge < -0.3 is 9.73 Å². The maximum Gasteiger partial charge on any atom is 0.191 e. The van der Waals surface area contributed by atoms with Crippen molar-refractivity contribution in [3.8, 4) is 0 Å². The molecule has 0 bridgehead atoms. The lowest BCUT2D eigenvalue weighted by Crippen LogP contribution is -2.26. The minimum absolute atomic E-state index is 0.333. The lowest BCUT2D eigenvalue weighted by Gasteiger charge is -2.16. The van der Waals surface area contributed by atoms with Crippen LogP contribution in [0.15, 0.2) is 4.42 Å². The van der Waals surface area contributed by atoms with E-state index in [0.717, 1.165) is 30.3 Å². The molecule has 3 heteroatoms. The third-order valence-corrected chi connectivity index (χ3v) is 2.04. The van der Waals surface area contributed by atoms with Gasteiger partial charge in [-0.3, -0.25) is 0 Å². The second-order valence-corrected chi connectivity index (χ2v) is 2.97. The van der Waals surface area contributed by atoms with Gasteiger partial charge in [-0.25, -0.2) is 4.98 Å². The van der Waals surface area contributed by atoms with Crippen LogP contribution in [0.3, 0.4) is 0 Å². The number of aryl methyl sites for hydroxylation is 1. The fraction of sp³-hybridized carbons (Fsp3) is 0.625. The molecule has 1 aliphatic heterocycles. The molecular weight excluding hydrogens is 140 g/mol. The molecule has 2 heterocycles. The fourth-order valence-corrected chi connectivity index (χ4v) is 1.50. The highest BCUT2D eigenvalue weighted by atomic mass is 16.4. The van der Waals surface area contributed by atoms with Gasteiger partial charge in [0.2, 0.25) is 0 Å². The maximum absolute atomic E-state index is 5.44. The topological polar surface area (TPSA) is 38.1 Å². The molecule has 0 aliphatic carbocycles. The zero-order valence-corrected chi connectivity index (χ0v) is 6.85. The molecule has 0 amide bonds. The molecule has 1 aromatic rings. The molecule has 0 fully saturated rings. The zero-order valence-electron chi connectivity index (χ0n) is 6.85. The van der Waals surface area contributed by atoms with Crippen molar-refractivity contribution >= 4 is 0 Å². The molecule has 3 nitrogen and oxygen atoms in total. The Morgan fingerprint density at radius 1 is 1.64 bits per heavy atom. The number of aromatic nitrogens is 1. The normalized spacial score (nSPS) is 23.3. The van der Waals surface area contributed by atoms with E-state index in [1.807, 2.05) is 6.92 Å². The van der Waals surface area contributed by atoms with Crippen molar-refractivity contribution in [2.24, 2.45) is 0 Å². The predicted octanol–water partition coefficient (Wildman–Crippen LogP) is 1.19. The quantitative estimate of drug-likeness (QED) is 0.606. The first kappa shape index (κ1) is 6.85. The Morgan fingerprint density at radius 2 is 2.45 bits per heavy atom. The summed E-state index contributed by atoms with van der Waals surface area (Å²) >= 11 is 0. The summed E-state index contributed by atoms with van der Waals surface area (Å²) in [4.78, 5) is 4.29.